The van der Waals surface area contributed by atoms with Gasteiger partial charge >= 0.3 is 0 Å². The molecule has 0 radical (unpaired) electrons. The van der Waals surface area contributed by atoms with E-state index < -0.39 is 0 Å². The average molecular weight is 368 g/mol. The van der Waals surface area contributed by atoms with Crippen molar-refractivity contribution in [2.24, 2.45) is 0 Å². The number of quaternary nitrogens is 1. The Hall–Kier alpha value is -0.570. The maximum atomic E-state index is 11.9. The normalized spacial score (nSPS) is 15.7. The molecule has 0 bridgehead atoms. The minimum absolute atomic E-state index is 0.376. The molecule has 1 aliphatic rings. The zero-order chi connectivity index (χ0) is 19.1. The summed E-state index contributed by atoms with van der Waals surface area (Å²) in [5, 5.41) is 0. The van der Waals surface area contributed by atoms with E-state index in [-0.39, 0.29) is 0 Å². The molecule has 0 aromatic rings. The van der Waals surface area contributed by atoms with Crippen molar-refractivity contribution in [2.75, 3.05) is 40.3 Å². The highest BCUT2D eigenvalue weighted by Gasteiger charge is 2.21. The fraction of sp³-hybridized carbons (Fsp3) is 0.957. The number of piperidine rings is 1. The molecule has 1 heterocycles. The first kappa shape index (κ1) is 23.5. The maximum absolute atomic E-state index is 11.9. The fourth-order valence-corrected chi connectivity index (χ4v) is 3.98. The minimum Gasteiger partial charge on any atom is -0.337 e. The van der Waals surface area contributed by atoms with Gasteiger partial charge in [-0.3, -0.25) is 4.79 Å². The number of likely N-dealkylation sites (N-methyl/N-ethyl adjacent to an activating group) is 1. The number of rotatable bonds is 16. The first-order valence-electron chi connectivity index (χ1n) is 11.6. The van der Waals surface area contributed by atoms with E-state index in [1.807, 2.05) is 0 Å². The molecular weight excluding hydrogens is 320 g/mol. The molecule has 0 aliphatic carbocycles. The number of amides is 1. The van der Waals surface area contributed by atoms with Crippen LogP contribution in [-0.4, -0.2) is 55.6 Å². The van der Waals surface area contributed by atoms with Crippen LogP contribution in [0.15, 0.2) is 0 Å². The molecule has 0 saturated carbocycles. The van der Waals surface area contributed by atoms with Crippen LogP contribution in [0.2, 0.25) is 0 Å². The Bertz CT molecular complexity index is 354. The molecule has 1 saturated heterocycles. The minimum atomic E-state index is 0.376. The van der Waals surface area contributed by atoms with Crippen molar-refractivity contribution in [2.45, 2.75) is 103 Å². The van der Waals surface area contributed by atoms with Crippen molar-refractivity contribution in [1.29, 1.82) is 0 Å². The molecule has 154 valence electrons. The summed E-state index contributed by atoms with van der Waals surface area (Å²) >= 11 is 0. The van der Waals surface area contributed by atoms with Gasteiger partial charge in [0.15, 0.2) is 0 Å². The van der Waals surface area contributed by atoms with Crippen LogP contribution in [0.1, 0.15) is 103 Å². The number of hydrogen-bond acceptors (Lipinski definition) is 1. The quantitative estimate of drug-likeness (QED) is 0.250. The van der Waals surface area contributed by atoms with Gasteiger partial charge < -0.3 is 9.38 Å². The second-order valence-electron chi connectivity index (χ2n) is 9.11. The summed E-state index contributed by atoms with van der Waals surface area (Å²) in [7, 11) is 4.65. The summed E-state index contributed by atoms with van der Waals surface area (Å²) < 4.78 is 1.06. The Morgan fingerprint density at radius 3 is 1.85 bits per heavy atom. The Morgan fingerprint density at radius 1 is 0.769 bits per heavy atom. The van der Waals surface area contributed by atoms with Crippen LogP contribution in [0.3, 0.4) is 0 Å². The molecule has 3 nitrogen and oxygen atoms in total. The molecule has 0 atom stereocenters. The second-order valence-corrected chi connectivity index (χ2v) is 9.11. The van der Waals surface area contributed by atoms with E-state index in [0.29, 0.717) is 5.91 Å². The van der Waals surface area contributed by atoms with Crippen LogP contribution in [0.5, 0.6) is 0 Å². The van der Waals surface area contributed by atoms with Crippen LogP contribution >= 0.6 is 0 Å². The van der Waals surface area contributed by atoms with Gasteiger partial charge in [-0.2, -0.15) is 0 Å². The Morgan fingerprint density at radius 2 is 1.31 bits per heavy atom. The summed E-state index contributed by atoms with van der Waals surface area (Å²) in [5.74, 6) is 0.376. The SMILES string of the molecule is CCCCCCCCCCCCCC[N+](C)(C)CCN1CCCCC1=O. The number of nitrogens with zero attached hydrogens (tertiary/aromatic N) is 2. The summed E-state index contributed by atoms with van der Waals surface area (Å²) in [4.78, 5) is 14.0. The monoisotopic (exact) mass is 367 g/mol. The lowest BCUT2D eigenvalue weighted by Gasteiger charge is -2.34. The molecule has 1 fully saturated rings. The zero-order valence-electron chi connectivity index (χ0n) is 18.2. The third-order valence-corrected chi connectivity index (χ3v) is 6.01. The molecular formula is C23H47N2O+. The van der Waals surface area contributed by atoms with E-state index in [0.717, 1.165) is 37.0 Å². The molecule has 0 spiro atoms. The van der Waals surface area contributed by atoms with Gasteiger partial charge in [-0.15, -0.1) is 0 Å². The topological polar surface area (TPSA) is 20.3 Å². The number of unbranched alkanes of at least 4 members (excludes halogenated alkanes) is 11. The van der Waals surface area contributed by atoms with Gasteiger partial charge in [-0.05, 0) is 25.7 Å². The largest absolute Gasteiger partial charge is 0.337 e. The van der Waals surface area contributed by atoms with Crippen LogP contribution in [-0.2, 0) is 4.79 Å². The van der Waals surface area contributed by atoms with E-state index in [9.17, 15) is 4.79 Å². The standard InChI is InChI=1S/C23H47N2O/c1-4-5-6-7-8-9-10-11-12-13-14-17-21-25(2,3)22-20-24-19-16-15-18-23(24)26/h4-22H2,1-3H3/q+1. The zero-order valence-corrected chi connectivity index (χ0v) is 18.2. The second kappa shape index (κ2) is 14.5. The molecule has 0 unspecified atom stereocenters. The summed E-state index contributed by atoms with van der Waals surface area (Å²) in [6.45, 7) is 6.57. The molecule has 3 heteroatoms. The van der Waals surface area contributed by atoms with Gasteiger partial charge in [0, 0.05) is 13.0 Å². The van der Waals surface area contributed by atoms with Crippen molar-refractivity contribution in [1.82, 2.24) is 4.90 Å². The third kappa shape index (κ3) is 11.9. The lowest BCUT2D eigenvalue weighted by atomic mass is 10.1. The summed E-state index contributed by atoms with van der Waals surface area (Å²) in [6.07, 6.45) is 20.0. The van der Waals surface area contributed by atoms with Crippen molar-refractivity contribution in [3.63, 3.8) is 0 Å². The van der Waals surface area contributed by atoms with Gasteiger partial charge in [-0.1, -0.05) is 71.1 Å². The van der Waals surface area contributed by atoms with Crippen molar-refractivity contribution < 1.29 is 9.28 Å². The average Bonchev–Trinajstić information content (AvgIpc) is 2.62. The smallest absolute Gasteiger partial charge is 0.222 e. The fourth-order valence-electron chi connectivity index (χ4n) is 3.98. The van der Waals surface area contributed by atoms with Crippen LogP contribution in [0.25, 0.3) is 0 Å². The summed E-state index contributed by atoms with van der Waals surface area (Å²) in [5.41, 5.74) is 0. The third-order valence-electron chi connectivity index (χ3n) is 6.01. The van der Waals surface area contributed by atoms with Crippen molar-refractivity contribution >= 4 is 5.91 Å². The van der Waals surface area contributed by atoms with E-state index >= 15 is 0 Å². The van der Waals surface area contributed by atoms with E-state index in [1.165, 1.54) is 90.0 Å². The molecule has 26 heavy (non-hydrogen) atoms. The first-order valence-corrected chi connectivity index (χ1v) is 11.6. The van der Waals surface area contributed by atoms with E-state index in [2.05, 4.69) is 25.9 Å². The van der Waals surface area contributed by atoms with Crippen molar-refractivity contribution in [3.05, 3.63) is 0 Å². The van der Waals surface area contributed by atoms with Gasteiger partial charge in [0.2, 0.25) is 5.91 Å². The highest BCUT2D eigenvalue weighted by molar-refractivity contribution is 5.76. The molecule has 0 aromatic heterocycles. The molecule has 1 amide bonds. The number of hydrogen-bond donors (Lipinski definition) is 0. The van der Waals surface area contributed by atoms with Gasteiger partial charge in [0.05, 0.1) is 33.7 Å². The molecule has 0 N–H and O–H groups in total. The highest BCUT2D eigenvalue weighted by atomic mass is 16.2. The molecule has 1 rings (SSSR count). The van der Waals surface area contributed by atoms with Crippen LogP contribution in [0.4, 0.5) is 0 Å². The van der Waals surface area contributed by atoms with E-state index in [4.69, 9.17) is 0 Å². The van der Waals surface area contributed by atoms with Crippen molar-refractivity contribution in [3.8, 4) is 0 Å². The Balaban J connectivity index is 1.92. The number of carbonyl (C=O) groups is 1. The molecule has 1 aliphatic heterocycles. The van der Waals surface area contributed by atoms with Crippen LogP contribution in [0, 0.1) is 0 Å². The first-order chi connectivity index (χ1) is 12.5. The van der Waals surface area contributed by atoms with Crippen LogP contribution < -0.4 is 0 Å². The predicted molar refractivity (Wildman–Crippen MR) is 113 cm³/mol. The van der Waals surface area contributed by atoms with Gasteiger partial charge in [0.25, 0.3) is 0 Å². The van der Waals surface area contributed by atoms with E-state index in [1.54, 1.807) is 0 Å². The highest BCUT2D eigenvalue weighted by Crippen LogP contribution is 2.14. The number of likely N-dealkylation sites (tertiary alicyclic amines) is 1. The Labute approximate surface area is 164 Å². The Kier molecular flexibility index (Phi) is 13.1. The molecule has 0 aromatic carbocycles. The van der Waals surface area contributed by atoms with Gasteiger partial charge in [-0.25, -0.2) is 0 Å². The number of carbonyl (C=O) groups excluding carboxylic acids is 1. The predicted octanol–water partition coefficient (Wildman–Crippen LogP) is 5.78. The lowest BCUT2D eigenvalue weighted by molar-refractivity contribution is -0.889. The maximum Gasteiger partial charge on any atom is 0.222 e. The van der Waals surface area contributed by atoms with Gasteiger partial charge in [0.1, 0.15) is 0 Å². The lowest BCUT2D eigenvalue weighted by Crippen LogP contribution is -2.48. The summed E-state index contributed by atoms with van der Waals surface area (Å²) in [6, 6.07) is 0.